The molecule has 0 aromatic rings. The third kappa shape index (κ3) is 6.75. The van der Waals surface area contributed by atoms with E-state index in [1.807, 2.05) is 0 Å². The Morgan fingerprint density at radius 2 is 1.20 bits per heavy atom. The molecule has 17 heteroatoms. The number of hydrogen-bond donors (Lipinski definition) is 1. The summed E-state index contributed by atoms with van der Waals surface area (Å²) in [5.74, 6) is -7.76. The minimum absolute atomic E-state index is 0.257. The van der Waals surface area contributed by atoms with E-state index in [0.29, 0.717) is 6.92 Å². The Morgan fingerprint density at radius 3 is 1.47 bits per heavy atom. The molecule has 0 amide bonds. The van der Waals surface area contributed by atoms with Gasteiger partial charge in [0.05, 0.1) is 0 Å². The van der Waals surface area contributed by atoms with Crippen molar-refractivity contribution in [1.29, 1.82) is 0 Å². The maximum atomic E-state index is 12.9. The van der Waals surface area contributed by atoms with Crippen molar-refractivity contribution in [2.75, 3.05) is 5.75 Å². The standard InChI is InChI=1S/C13H13F9O7S/c1-3-9(2,11(14,15)16)28-7(23)4-5-8(24)29-10(12(17,18)19,13(20,21)22)6-30(25,26)27/h4-5H,3,6H2,1-2H3,(H,25,26,27)/b5-4+. The number of esters is 2. The third-order valence-corrected chi connectivity index (χ3v) is 4.30. The monoisotopic (exact) mass is 484 g/mol. The van der Waals surface area contributed by atoms with Gasteiger partial charge in [-0.2, -0.15) is 47.9 Å². The summed E-state index contributed by atoms with van der Waals surface area (Å²) in [4.78, 5) is 22.7. The summed E-state index contributed by atoms with van der Waals surface area (Å²) in [6.07, 6.45) is -19.9. The second-order valence-electron chi connectivity index (χ2n) is 5.81. The minimum Gasteiger partial charge on any atom is -0.447 e. The van der Waals surface area contributed by atoms with Gasteiger partial charge in [-0.3, -0.25) is 4.55 Å². The molecule has 7 nitrogen and oxygen atoms in total. The van der Waals surface area contributed by atoms with Crippen molar-refractivity contribution in [3.05, 3.63) is 12.2 Å². The summed E-state index contributed by atoms with van der Waals surface area (Å²) >= 11 is 0. The van der Waals surface area contributed by atoms with Crippen LogP contribution in [0.3, 0.4) is 0 Å². The summed E-state index contributed by atoms with van der Waals surface area (Å²) in [7, 11) is -6.03. The van der Waals surface area contributed by atoms with Crippen molar-refractivity contribution < 1.29 is 71.5 Å². The van der Waals surface area contributed by atoms with Crippen LogP contribution in [0, 0.1) is 0 Å². The number of alkyl halides is 9. The van der Waals surface area contributed by atoms with Crippen molar-refractivity contribution in [2.45, 2.75) is 50.0 Å². The predicted molar refractivity (Wildman–Crippen MR) is 77.3 cm³/mol. The Hall–Kier alpha value is -2.04. The Bertz CT molecular complexity index is 766. The first kappa shape index (κ1) is 28.0. The summed E-state index contributed by atoms with van der Waals surface area (Å²) in [6.45, 7) is 1.34. The number of carbonyl (C=O) groups excluding carboxylic acids is 2. The van der Waals surface area contributed by atoms with E-state index in [-0.39, 0.29) is 6.08 Å². The fourth-order valence-corrected chi connectivity index (χ4v) is 2.55. The Kier molecular flexibility index (Phi) is 8.02. The lowest BCUT2D eigenvalue weighted by Gasteiger charge is -2.35. The van der Waals surface area contributed by atoms with Gasteiger partial charge in [-0.25, -0.2) is 9.59 Å². The number of carbonyl (C=O) groups is 2. The molecule has 0 aliphatic carbocycles. The molecule has 0 aliphatic rings. The highest BCUT2D eigenvalue weighted by atomic mass is 32.2. The zero-order valence-corrected chi connectivity index (χ0v) is 15.6. The van der Waals surface area contributed by atoms with Crippen molar-refractivity contribution >= 4 is 22.1 Å². The molecule has 0 bridgehead atoms. The van der Waals surface area contributed by atoms with E-state index in [2.05, 4.69) is 9.47 Å². The topological polar surface area (TPSA) is 107 Å². The summed E-state index contributed by atoms with van der Waals surface area (Å²) in [5, 5.41) is 0. The van der Waals surface area contributed by atoms with Gasteiger partial charge in [0.2, 0.25) is 5.60 Å². The van der Waals surface area contributed by atoms with E-state index >= 15 is 0 Å². The quantitative estimate of drug-likeness (QED) is 0.256. The molecule has 1 unspecified atom stereocenters. The molecular formula is C13H13F9O7S. The average molecular weight is 484 g/mol. The first-order valence-electron chi connectivity index (χ1n) is 7.31. The normalized spacial score (nSPS) is 16.3. The van der Waals surface area contributed by atoms with E-state index in [4.69, 9.17) is 4.55 Å². The number of ether oxygens (including phenoxy) is 2. The molecule has 1 atom stereocenters. The van der Waals surface area contributed by atoms with Crippen LogP contribution in [-0.4, -0.2) is 60.4 Å². The summed E-state index contributed by atoms with van der Waals surface area (Å²) < 4.78 is 153. The van der Waals surface area contributed by atoms with Gasteiger partial charge >= 0.3 is 36.1 Å². The Balaban J connectivity index is 5.82. The zero-order valence-electron chi connectivity index (χ0n) is 14.8. The molecule has 1 N–H and O–H groups in total. The van der Waals surface area contributed by atoms with Gasteiger partial charge in [-0.05, 0) is 13.3 Å². The molecule has 0 saturated carbocycles. The van der Waals surface area contributed by atoms with E-state index in [1.54, 1.807) is 0 Å². The zero-order chi connectivity index (χ0) is 24.4. The molecule has 0 heterocycles. The van der Waals surface area contributed by atoms with Crippen LogP contribution in [0.15, 0.2) is 12.2 Å². The molecule has 0 fully saturated rings. The van der Waals surface area contributed by atoms with Crippen LogP contribution in [0.25, 0.3) is 0 Å². The minimum atomic E-state index is -6.61. The van der Waals surface area contributed by atoms with Gasteiger partial charge in [0.15, 0.2) is 0 Å². The van der Waals surface area contributed by atoms with E-state index in [0.717, 1.165) is 6.92 Å². The highest BCUT2D eigenvalue weighted by molar-refractivity contribution is 7.85. The van der Waals surface area contributed by atoms with Gasteiger partial charge in [-0.15, -0.1) is 0 Å². The molecule has 0 radical (unpaired) electrons. The van der Waals surface area contributed by atoms with Crippen molar-refractivity contribution in [1.82, 2.24) is 0 Å². The van der Waals surface area contributed by atoms with E-state index in [1.165, 1.54) is 0 Å². The number of hydrogen-bond acceptors (Lipinski definition) is 6. The van der Waals surface area contributed by atoms with Crippen LogP contribution in [-0.2, 0) is 29.2 Å². The first-order valence-corrected chi connectivity index (χ1v) is 8.91. The van der Waals surface area contributed by atoms with Gasteiger partial charge in [-0.1, -0.05) is 6.92 Å². The van der Waals surface area contributed by atoms with Crippen LogP contribution in [0.2, 0.25) is 0 Å². The Labute approximate surface area is 162 Å². The molecule has 0 aliphatic heterocycles. The van der Waals surface area contributed by atoms with Crippen LogP contribution in [0.1, 0.15) is 20.3 Å². The largest absolute Gasteiger partial charge is 0.447 e. The highest BCUT2D eigenvalue weighted by Gasteiger charge is 2.75. The van der Waals surface area contributed by atoms with Crippen molar-refractivity contribution in [3.8, 4) is 0 Å². The maximum Gasteiger partial charge on any atom is 0.438 e. The Morgan fingerprint density at radius 1 is 0.833 bits per heavy atom. The summed E-state index contributed by atoms with van der Waals surface area (Å²) in [6, 6.07) is 0. The van der Waals surface area contributed by atoms with Crippen molar-refractivity contribution in [3.63, 3.8) is 0 Å². The number of halogens is 9. The second kappa shape index (κ2) is 8.60. The second-order valence-corrected chi connectivity index (χ2v) is 7.26. The van der Waals surface area contributed by atoms with Crippen LogP contribution >= 0.6 is 0 Å². The average Bonchev–Trinajstić information content (AvgIpc) is 2.47. The maximum absolute atomic E-state index is 12.9. The van der Waals surface area contributed by atoms with Crippen molar-refractivity contribution in [2.24, 2.45) is 0 Å². The van der Waals surface area contributed by atoms with Crippen LogP contribution < -0.4 is 0 Å². The molecule has 0 saturated heterocycles. The molecule has 0 aromatic carbocycles. The van der Waals surface area contributed by atoms with Gasteiger partial charge < -0.3 is 9.47 Å². The SMILES string of the molecule is CCC(C)(OC(=O)/C=C/C(=O)OC(CS(=O)(=O)O)(C(F)(F)F)C(F)(F)F)C(F)(F)F. The predicted octanol–water partition coefficient (Wildman–Crippen LogP) is 3.11. The van der Waals surface area contributed by atoms with E-state index < -0.39 is 70.0 Å². The van der Waals surface area contributed by atoms with Gasteiger partial charge in [0, 0.05) is 12.2 Å². The highest BCUT2D eigenvalue weighted by Crippen LogP contribution is 2.47. The van der Waals surface area contributed by atoms with Gasteiger partial charge in [0.25, 0.3) is 10.1 Å². The third-order valence-electron chi connectivity index (χ3n) is 3.53. The molecular weight excluding hydrogens is 471 g/mol. The fraction of sp³-hybridized carbons (Fsp3) is 0.692. The molecule has 0 aromatic heterocycles. The lowest BCUT2D eigenvalue weighted by atomic mass is 10.0. The number of rotatable bonds is 7. The lowest BCUT2D eigenvalue weighted by molar-refractivity contribution is -0.360. The van der Waals surface area contributed by atoms with Crippen LogP contribution in [0.5, 0.6) is 0 Å². The van der Waals surface area contributed by atoms with Crippen LogP contribution in [0.4, 0.5) is 39.5 Å². The molecule has 0 rings (SSSR count). The van der Waals surface area contributed by atoms with E-state index in [9.17, 15) is 57.5 Å². The lowest BCUT2D eigenvalue weighted by Crippen LogP contribution is -2.63. The smallest absolute Gasteiger partial charge is 0.438 e. The first-order chi connectivity index (χ1) is 13.0. The molecule has 30 heavy (non-hydrogen) atoms. The molecule has 0 spiro atoms. The fourth-order valence-electron chi connectivity index (χ4n) is 1.65. The van der Waals surface area contributed by atoms with Gasteiger partial charge in [0.1, 0.15) is 5.75 Å². The summed E-state index contributed by atoms with van der Waals surface area (Å²) in [5.41, 5.74) is -8.83. The molecule has 176 valence electrons.